The third-order valence-electron chi connectivity index (χ3n) is 2.63. The molecule has 2 aromatic rings. The van der Waals surface area contributed by atoms with E-state index in [2.05, 4.69) is 20.5 Å². The van der Waals surface area contributed by atoms with Crippen LogP contribution in [0.4, 0.5) is 5.82 Å². The van der Waals surface area contributed by atoms with Crippen molar-refractivity contribution in [2.45, 2.75) is 31.3 Å². The van der Waals surface area contributed by atoms with Gasteiger partial charge in [0.15, 0.2) is 5.16 Å². The van der Waals surface area contributed by atoms with Gasteiger partial charge in [0.2, 0.25) is 0 Å². The Labute approximate surface area is 115 Å². The zero-order valence-corrected chi connectivity index (χ0v) is 11.8. The number of H-pyrrole nitrogens is 1. The van der Waals surface area contributed by atoms with Crippen LogP contribution in [0.2, 0.25) is 0 Å². The number of nitrogens with one attached hydrogen (secondary N) is 2. The lowest BCUT2D eigenvalue weighted by atomic mass is 10.3. The fourth-order valence-corrected chi connectivity index (χ4v) is 2.71. The Morgan fingerprint density at radius 1 is 1.47 bits per heavy atom. The van der Waals surface area contributed by atoms with E-state index in [0.717, 1.165) is 23.7 Å². The summed E-state index contributed by atoms with van der Waals surface area (Å²) in [6, 6.07) is 3.94. The normalized spacial score (nSPS) is 10.6. The maximum Gasteiger partial charge on any atom is 0.343 e. The molecule has 2 aromatic heterocycles. The van der Waals surface area contributed by atoms with Crippen molar-refractivity contribution in [2.75, 3.05) is 11.9 Å². The maximum atomic E-state index is 11.5. The van der Waals surface area contributed by atoms with Crippen molar-refractivity contribution < 1.29 is 0 Å². The van der Waals surface area contributed by atoms with E-state index in [1.807, 2.05) is 26.0 Å². The summed E-state index contributed by atoms with van der Waals surface area (Å²) in [5.41, 5.74) is 0.940. The molecule has 0 amide bonds. The van der Waals surface area contributed by atoms with Crippen LogP contribution >= 0.6 is 11.8 Å². The van der Waals surface area contributed by atoms with Gasteiger partial charge in [0.1, 0.15) is 5.82 Å². The van der Waals surface area contributed by atoms with E-state index in [1.54, 1.807) is 10.8 Å². The van der Waals surface area contributed by atoms with Crippen LogP contribution in [0.1, 0.15) is 19.4 Å². The number of anilines is 1. The predicted octanol–water partition coefficient (Wildman–Crippen LogP) is 1.71. The van der Waals surface area contributed by atoms with Crippen molar-refractivity contribution in [2.24, 2.45) is 0 Å². The third kappa shape index (κ3) is 3.17. The van der Waals surface area contributed by atoms with Crippen molar-refractivity contribution in [1.29, 1.82) is 0 Å². The molecule has 0 spiro atoms. The second-order valence-electron chi connectivity index (χ2n) is 3.89. The number of pyridine rings is 1. The van der Waals surface area contributed by atoms with Gasteiger partial charge in [-0.2, -0.15) is 0 Å². The molecule has 0 aliphatic rings. The first-order valence-corrected chi connectivity index (χ1v) is 7.20. The summed E-state index contributed by atoms with van der Waals surface area (Å²) in [7, 11) is 0. The van der Waals surface area contributed by atoms with Gasteiger partial charge in [0.25, 0.3) is 0 Å². The zero-order chi connectivity index (χ0) is 13.7. The largest absolute Gasteiger partial charge is 0.370 e. The minimum absolute atomic E-state index is 0.164. The van der Waals surface area contributed by atoms with Gasteiger partial charge in [0.05, 0.1) is 0 Å². The first kappa shape index (κ1) is 13.7. The number of aromatic amines is 1. The number of thioether (sulfide) groups is 1. The Kier molecular flexibility index (Phi) is 4.62. The highest BCUT2D eigenvalue weighted by atomic mass is 32.2. The average molecular weight is 279 g/mol. The molecule has 0 aliphatic heterocycles. The molecule has 0 bridgehead atoms. The van der Waals surface area contributed by atoms with Crippen molar-refractivity contribution in [3.8, 4) is 0 Å². The molecule has 19 heavy (non-hydrogen) atoms. The van der Waals surface area contributed by atoms with Crippen LogP contribution in [0.25, 0.3) is 0 Å². The molecule has 102 valence electrons. The lowest BCUT2D eigenvalue weighted by molar-refractivity contribution is 0.660. The molecule has 7 heteroatoms. The molecule has 0 unspecified atom stereocenters. The van der Waals surface area contributed by atoms with Crippen molar-refractivity contribution in [1.82, 2.24) is 19.7 Å². The predicted molar refractivity (Wildman–Crippen MR) is 76.5 cm³/mol. The Morgan fingerprint density at radius 2 is 2.32 bits per heavy atom. The second kappa shape index (κ2) is 6.42. The van der Waals surface area contributed by atoms with Crippen LogP contribution in [0.15, 0.2) is 28.3 Å². The summed E-state index contributed by atoms with van der Waals surface area (Å²) in [6.45, 7) is 5.41. The highest BCUT2D eigenvalue weighted by Gasteiger charge is 2.09. The highest BCUT2D eigenvalue weighted by Crippen LogP contribution is 2.23. The van der Waals surface area contributed by atoms with Crippen LogP contribution in [-0.2, 0) is 12.3 Å². The van der Waals surface area contributed by atoms with Gasteiger partial charge < -0.3 is 5.32 Å². The Balaban J connectivity index is 2.12. The van der Waals surface area contributed by atoms with E-state index in [4.69, 9.17) is 0 Å². The fraction of sp³-hybridized carbons (Fsp3) is 0.417. The van der Waals surface area contributed by atoms with Crippen LogP contribution in [0, 0.1) is 0 Å². The number of hydrogen-bond donors (Lipinski definition) is 2. The van der Waals surface area contributed by atoms with Gasteiger partial charge in [-0.05, 0) is 19.9 Å². The highest BCUT2D eigenvalue weighted by molar-refractivity contribution is 7.98. The molecule has 0 radical (unpaired) electrons. The summed E-state index contributed by atoms with van der Waals surface area (Å²) in [6.07, 6.45) is 1.77. The smallest absolute Gasteiger partial charge is 0.343 e. The molecule has 2 N–H and O–H groups in total. The molecule has 2 rings (SSSR count). The van der Waals surface area contributed by atoms with Gasteiger partial charge in [-0.15, -0.1) is 5.10 Å². The minimum atomic E-state index is -0.164. The van der Waals surface area contributed by atoms with E-state index in [0.29, 0.717) is 11.7 Å². The summed E-state index contributed by atoms with van der Waals surface area (Å²) in [5, 5.41) is 10.4. The molecule has 0 saturated carbocycles. The quantitative estimate of drug-likeness (QED) is 0.787. The molecule has 6 nitrogen and oxygen atoms in total. The van der Waals surface area contributed by atoms with Crippen LogP contribution < -0.4 is 11.0 Å². The molecule has 0 atom stereocenters. The van der Waals surface area contributed by atoms with Crippen LogP contribution in [-0.4, -0.2) is 26.3 Å². The summed E-state index contributed by atoms with van der Waals surface area (Å²) in [4.78, 5) is 15.8. The van der Waals surface area contributed by atoms with Gasteiger partial charge in [0, 0.05) is 30.6 Å². The fourth-order valence-electron chi connectivity index (χ4n) is 1.72. The number of hydrogen-bond acceptors (Lipinski definition) is 5. The summed E-state index contributed by atoms with van der Waals surface area (Å²) in [5.74, 6) is 1.61. The molecular formula is C12H17N5OS. The van der Waals surface area contributed by atoms with E-state index in [1.165, 1.54) is 11.8 Å². The van der Waals surface area contributed by atoms with Gasteiger partial charge in [-0.1, -0.05) is 17.8 Å². The molecule has 0 saturated heterocycles. The van der Waals surface area contributed by atoms with Gasteiger partial charge in [-0.3, -0.25) is 4.57 Å². The lowest BCUT2D eigenvalue weighted by Crippen LogP contribution is -2.16. The number of aromatic nitrogens is 4. The van der Waals surface area contributed by atoms with E-state index in [9.17, 15) is 4.79 Å². The zero-order valence-electron chi connectivity index (χ0n) is 11.0. The van der Waals surface area contributed by atoms with E-state index in [-0.39, 0.29) is 5.69 Å². The third-order valence-corrected chi connectivity index (χ3v) is 3.66. The van der Waals surface area contributed by atoms with Crippen LogP contribution in [0.5, 0.6) is 0 Å². The minimum Gasteiger partial charge on any atom is -0.370 e. The second-order valence-corrected chi connectivity index (χ2v) is 4.83. The Hall–Kier alpha value is -1.76. The van der Waals surface area contributed by atoms with Crippen molar-refractivity contribution in [3.05, 3.63) is 34.4 Å². The topological polar surface area (TPSA) is 75.6 Å². The monoisotopic (exact) mass is 279 g/mol. The van der Waals surface area contributed by atoms with Crippen molar-refractivity contribution in [3.63, 3.8) is 0 Å². The molecule has 0 aromatic carbocycles. The Bertz CT molecular complexity index is 592. The van der Waals surface area contributed by atoms with Gasteiger partial charge in [-0.25, -0.2) is 14.9 Å². The average Bonchev–Trinajstić information content (AvgIpc) is 2.78. The molecular weight excluding hydrogens is 262 g/mol. The standard InChI is InChI=1S/C12H17N5OS/c1-3-13-10-9(6-5-7-14-10)8-19-12-16-15-11(18)17(12)4-2/h5-7H,3-4,8H2,1-2H3,(H,13,14)(H,15,18). The maximum absolute atomic E-state index is 11.5. The van der Waals surface area contributed by atoms with Crippen molar-refractivity contribution >= 4 is 17.6 Å². The first-order chi connectivity index (χ1) is 9.26. The van der Waals surface area contributed by atoms with Gasteiger partial charge >= 0.3 is 5.69 Å². The summed E-state index contributed by atoms with van der Waals surface area (Å²) >= 11 is 1.53. The lowest BCUT2D eigenvalue weighted by Gasteiger charge is -2.08. The molecule has 2 heterocycles. The first-order valence-electron chi connectivity index (χ1n) is 6.22. The summed E-state index contributed by atoms with van der Waals surface area (Å²) < 4.78 is 1.62. The number of nitrogens with zero attached hydrogens (tertiary/aromatic N) is 3. The molecule has 0 aliphatic carbocycles. The number of rotatable bonds is 6. The van der Waals surface area contributed by atoms with E-state index >= 15 is 0 Å². The van der Waals surface area contributed by atoms with E-state index < -0.39 is 0 Å². The SMILES string of the molecule is CCNc1ncccc1CSc1n[nH]c(=O)n1CC. The molecule has 0 fully saturated rings. The Morgan fingerprint density at radius 3 is 3.05 bits per heavy atom. The van der Waals surface area contributed by atoms with Crippen LogP contribution in [0.3, 0.4) is 0 Å².